The lowest BCUT2D eigenvalue weighted by Gasteiger charge is -2.55. The Labute approximate surface area is 376 Å². The van der Waals surface area contributed by atoms with E-state index in [2.05, 4.69) is 62.6 Å². The van der Waals surface area contributed by atoms with Crippen LogP contribution in [-0.2, 0) is 14.8 Å². The van der Waals surface area contributed by atoms with Crippen molar-refractivity contribution in [2.24, 2.45) is 29.1 Å². The third-order valence-corrected chi connectivity index (χ3v) is 16.1. The maximum atomic E-state index is 14.0. The number of carbonyl (C=O) groups is 1. The van der Waals surface area contributed by atoms with Gasteiger partial charge in [0.05, 0.1) is 21.6 Å². The fourth-order valence-corrected chi connectivity index (χ4v) is 11.9. The minimum absolute atomic E-state index is 0.0129. The number of sulfonamides is 1. The van der Waals surface area contributed by atoms with Gasteiger partial charge in [-0.2, -0.15) is 0 Å². The van der Waals surface area contributed by atoms with Gasteiger partial charge in [0.15, 0.2) is 0 Å². The van der Waals surface area contributed by atoms with Gasteiger partial charge >= 0.3 is 0 Å². The number of piperazine rings is 1. The van der Waals surface area contributed by atoms with Crippen molar-refractivity contribution in [1.29, 1.82) is 0 Å². The predicted octanol–water partition coefficient (Wildman–Crippen LogP) is 7.83. The lowest BCUT2D eigenvalue weighted by Crippen LogP contribution is -2.52. The molecule has 3 saturated carbocycles. The van der Waals surface area contributed by atoms with Crippen LogP contribution in [0.4, 0.5) is 17.1 Å². The Balaban J connectivity index is 0.919. The summed E-state index contributed by atoms with van der Waals surface area (Å²) in [6, 6.07) is 13.1. The number of allylic oxidation sites excluding steroid dienone is 1. The van der Waals surface area contributed by atoms with Crippen molar-refractivity contribution in [3.8, 4) is 11.5 Å². The lowest BCUT2D eigenvalue weighted by molar-refractivity contribution is -0.384. The molecule has 16 heteroatoms. The molecule has 2 aromatic carbocycles. The quantitative estimate of drug-likeness (QED) is 0.0637. The number of carbonyl (C=O) groups excluding carboxylic acids is 1. The summed E-state index contributed by atoms with van der Waals surface area (Å²) in [5.74, 6) is 2.26. The van der Waals surface area contributed by atoms with E-state index in [4.69, 9.17) is 9.47 Å². The van der Waals surface area contributed by atoms with Crippen molar-refractivity contribution in [3.63, 3.8) is 0 Å². The summed E-state index contributed by atoms with van der Waals surface area (Å²) in [7, 11) is -0.0296. The lowest BCUT2D eigenvalue weighted by atomic mass is 9.53. The molecule has 3 N–H and O–H groups in total. The Morgan fingerprint density at radius 3 is 2.56 bits per heavy atom. The zero-order valence-corrected chi connectivity index (χ0v) is 38.3. The van der Waals surface area contributed by atoms with Gasteiger partial charge in [-0.05, 0) is 131 Å². The SMILES string of the molecule is CN(C)[C@H]1CC(C2=C(CN3CCN(c4ccc(C(=O)NS(=O)(=O)c5ccc(NCC6CCOCC6)c([N+](=O)[O-])c5)c(Oc5cnc6[nH]ccc6c5)c4)CC3)CCC(C)(C)C2)C2CC1C2. The largest absolute Gasteiger partial charge is 0.455 e. The van der Waals surface area contributed by atoms with Gasteiger partial charge in [-0.15, -0.1) is 0 Å². The number of hydrogen-bond acceptors (Lipinski definition) is 12. The highest BCUT2D eigenvalue weighted by Gasteiger charge is 2.49. The van der Waals surface area contributed by atoms with Crippen molar-refractivity contribution >= 4 is 44.0 Å². The van der Waals surface area contributed by atoms with Crippen LogP contribution in [0, 0.1) is 39.2 Å². The number of hydrogen-bond donors (Lipinski definition) is 3. The average Bonchev–Trinajstić information content (AvgIpc) is 3.74. The van der Waals surface area contributed by atoms with Crippen molar-refractivity contribution in [2.75, 3.05) is 76.8 Å². The molecule has 64 heavy (non-hydrogen) atoms. The first-order chi connectivity index (χ1) is 30.7. The number of anilines is 2. The number of aromatic amines is 1. The maximum absolute atomic E-state index is 14.0. The first-order valence-electron chi connectivity index (χ1n) is 23.0. The number of ether oxygens (including phenoxy) is 2. The topological polar surface area (TPSA) is 175 Å². The molecule has 2 atom stereocenters. The number of nitrogens with one attached hydrogen (secondary N) is 3. The molecule has 342 valence electrons. The monoisotopic (exact) mass is 894 g/mol. The van der Waals surface area contributed by atoms with E-state index >= 15 is 0 Å². The number of nitrogens with zero attached hydrogens (tertiary/aromatic N) is 5. The molecule has 2 bridgehead atoms. The summed E-state index contributed by atoms with van der Waals surface area (Å²) in [4.78, 5) is 39.9. The second kappa shape index (κ2) is 18.1. The highest BCUT2D eigenvalue weighted by Crippen LogP contribution is 2.56. The molecular weight excluding hydrogens is 833 g/mol. The predicted molar refractivity (Wildman–Crippen MR) is 247 cm³/mol. The highest BCUT2D eigenvalue weighted by molar-refractivity contribution is 7.90. The summed E-state index contributed by atoms with van der Waals surface area (Å²) in [5, 5.41) is 16.0. The molecule has 5 fully saturated rings. The van der Waals surface area contributed by atoms with Crippen LogP contribution < -0.4 is 19.7 Å². The van der Waals surface area contributed by atoms with E-state index in [1.165, 1.54) is 50.7 Å². The van der Waals surface area contributed by atoms with Gasteiger partial charge in [0, 0.05) is 87.9 Å². The summed E-state index contributed by atoms with van der Waals surface area (Å²) in [5.41, 5.74) is 5.07. The van der Waals surface area contributed by atoms with Crippen LogP contribution >= 0.6 is 0 Å². The number of rotatable bonds is 14. The standard InChI is InChI=1S/C48H62N8O7S/c1-48(2)13-9-33(41(27-48)40-26-43(53(3)4)35-21-34(40)22-35)30-54-15-17-55(18-16-54)36-5-7-39(45(24-36)63-37-23-32-10-14-49-46(32)51-29-37)47(57)52-64(60,61)38-6-8-42(44(25-38)56(58)59)50-28-31-11-19-62-20-12-31/h5-8,10,14,23-25,29,31,34-35,40,43,50H,9,11-13,15-22,26-28,30H2,1-4H3,(H,49,51)(H,52,57)/t34?,35?,40?,43-/m0/s1. The Morgan fingerprint density at radius 1 is 1.03 bits per heavy atom. The summed E-state index contributed by atoms with van der Waals surface area (Å²) in [6.07, 6.45) is 12.6. The second-order valence-electron chi connectivity index (χ2n) is 19.8. The third kappa shape index (κ3) is 9.51. The Bertz CT molecular complexity index is 2520. The maximum Gasteiger partial charge on any atom is 0.293 e. The first-order valence-corrected chi connectivity index (χ1v) is 24.4. The Morgan fingerprint density at radius 2 is 1.81 bits per heavy atom. The highest BCUT2D eigenvalue weighted by atomic mass is 32.2. The molecule has 1 unspecified atom stereocenters. The number of nitro groups is 1. The minimum atomic E-state index is -4.54. The van der Waals surface area contributed by atoms with Crippen molar-refractivity contribution in [3.05, 3.63) is 87.7 Å². The van der Waals surface area contributed by atoms with E-state index in [0.29, 0.717) is 48.5 Å². The van der Waals surface area contributed by atoms with E-state index in [1.54, 1.807) is 41.7 Å². The van der Waals surface area contributed by atoms with Crippen LogP contribution in [0.3, 0.4) is 0 Å². The van der Waals surface area contributed by atoms with E-state index < -0.39 is 31.4 Å². The number of H-pyrrole nitrogens is 1. The Hall–Kier alpha value is -5.03. The van der Waals surface area contributed by atoms with Gasteiger partial charge in [0.25, 0.3) is 21.6 Å². The number of benzene rings is 2. The van der Waals surface area contributed by atoms with Crippen LogP contribution in [0.1, 0.15) is 75.6 Å². The van der Waals surface area contributed by atoms with Gasteiger partial charge in [-0.3, -0.25) is 19.8 Å². The molecular formula is C48H62N8O7S. The van der Waals surface area contributed by atoms with Gasteiger partial charge < -0.3 is 29.6 Å². The third-order valence-electron chi connectivity index (χ3n) is 14.7. The molecule has 0 radical (unpaired) electrons. The Kier molecular flexibility index (Phi) is 12.5. The van der Waals surface area contributed by atoms with E-state index in [-0.39, 0.29) is 22.9 Å². The number of aromatic nitrogens is 2. The zero-order chi connectivity index (χ0) is 44.8. The minimum Gasteiger partial charge on any atom is -0.455 e. The van der Waals surface area contributed by atoms with Gasteiger partial charge in [-0.25, -0.2) is 18.1 Å². The van der Waals surface area contributed by atoms with Crippen LogP contribution in [0.15, 0.2) is 77.0 Å². The van der Waals surface area contributed by atoms with Crippen molar-refractivity contribution in [1.82, 2.24) is 24.5 Å². The molecule has 4 aromatic rings. The van der Waals surface area contributed by atoms with Crippen molar-refractivity contribution in [2.45, 2.75) is 76.2 Å². The molecule has 2 aliphatic heterocycles. The fraction of sp³-hybridized carbons (Fsp3) is 0.542. The van der Waals surface area contributed by atoms with Gasteiger partial charge in [-0.1, -0.05) is 25.0 Å². The first kappa shape index (κ1) is 44.2. The fourth-order valence-electron chi connectivity index (χ4n) is 10.9. The molecule has 0 spiro atoms. The molecule has 2 aromatic heterocycles. The van der Waals surface area contributed by atoms with E-state index in [9.17, 15) is 23.3 Å². The van der Waals surface area contributed by atoms with Gasteiger partial charge in [0.2, 0.25) is 0 Å². The molecule has 2 saturated heterocycles. The molecule has 15 nitrogen and oxygen atoms in total. The molecule has 10 rings (SSSR count). The van der Waals surface area contributed by atoms with Crippen LogP contribution in [0.25, 0.3) is 11.0 Å². The number of fused-ring (bicyclic) bond motifs is 3. The van der Waals surface area contributed by atoms with Gasteiger partial charge in [0.1, 0.15) is 22.8 Å². The number of pyridine rings is 1. The van der Waals surface area contributed by atoms with Crippen LogP contribution in [-0.4, -0.2) is 112 Å². The molecule has 4 heterocycles. The van der Waals surface area contributed by atoms with Crippen LogP contribution in [0.5, 0.6) is 11.5 Å². The zero-order valence-electron chi connectivity index (χ0n) is 37.5. The summed E-state index contributed by atoms with van der Waals surface area (Å²) >= 11 is 0. The summed E-state index contributed by atoms with van der Waals surface area (Å²) in [6.45, 7) is 11.0. The molecule has 4 aliphatic carbocycles. The van der Waals surface area contributed by atoms with E-state index in [1.807, 2.05) is 12.1 Å². The average molecular weight is 895 g/mol. The number of amides is 1. The summed E-state index contributed by atoms with van der Waals surface area (Å²) < 4.78 is 41.4. The second-order valence-corrected chi connectivity index (χ2v) is 21.5. The smallest absolute Gasteiger partial charge is 0.293 e. The number of nitro benzene ring substituents is 1. The molecule has 1 amide bonds. The van der Waals surface area contributed by atoms with Crippen molar-refractivity contribution < 1.29 is 27.6 Å². The van der Waals surface area contributed by atoms with Crippen LogP contribution in [0.2, 0.25) is 0 Å². The normalized spacial score (nSPS) is 24.1. The molecule has 6 aliphatic rings. The van der Waals surface area contributed by atoms with E-state index in [0.717, 1.165) is 74.5 Å².